The first kappa shape index (κ1) is 12.4. The molecule has 3 rings (SSSR count). The van der Waals surface area contributed by atoms with Gasteiger partial charge in [-0.25, -0.2) is 0 Å². The summed E-state index contributed by atoms with van der Waals surface area (Å²) in [6.45, 7) is 2.61. The molecule has 20 heavy (non-hydrogen) atoms. The Kier molecular flexibility index (Phi) is 3.21. The molecule has 0 spiro atoms. The van der Waals surface area contributed by atoms with Crippen molar-refractivity contribution in [2.75, 3.05) is 5.32 Å². The first-order chi connectivity index (χ1) is 9.74. The van der Waals surface area contributed by atoms with Gasteiger partial charge >= 0.3 is 0 Å². The standard InChI is InChI=1S/C16H15N3O/c1-11-5-4-8-17-14(11)10-18-15-9-12-6-2-3-7-13(12)16(20)19-15/h2-9H,10H2,1H3,(H2,18,19,20). The monoisotopic (exact) mass is 265 g/mol. The van der Waals surface area contributed by atoms with Gasteiger partial charge in [0, 0.05) is 11.6 Å². The predicted octanol–water partition coefficient (Wildman–Crippen LogP) is 2.84. The summed E-state index contributed by atoms with van der Waals surface area (Å²) in [6, 6.07) is 13.4. The fourth-order valence-electron chi connectivity index (χ4n) is 2.19. The van der Waals surface area contributed by atoms with Crippen LogP contribution in [0.4, 0.5) is 5.82 Å². The number of pyridine rings is 2. The van der Waals surface area contributed by atoms with Gasteiger partial charge in [0.15, 0.2) is 0 Å². The number of nitrogens with one attached hydrogen (secondary N) is 2. The molecule has 100 valence electrons. The molecule has 0 bridgehead atoms. The molecule has 4 nitrogen and oxygen atoms in total. The summed E-state index contributed by atoms with van der Waals surface area (Å²) >= 11 is 0. The van der Waals surface area contributed by atoms with Crippen molar-refractivity contribution in [3.63, 3.8) is 0 Å². The lowest BCUT2D eigenvalue weighted by Crippen LogP contribution is -2.11. The smallest absolute Gasteiger partial charge is 0.257 e. The first-order valence-corrected chi connectivity index (χ1v) is 6.50. The fourth-order valence-corrected chi connectivity index (χ4v) is 2.19. The van der Waals surface area contributed by atoms with Crippen molar-refractivity contribution in [3.05, 3.63) is 70.3 Å². The van der Waals surface area contributed by atoms with Crippen molar-refractivity contribution in [3.8, 4) is 0 Å². The number of anilines is 1. The third-order valence-corrected chi connectivity index (χ3v) is 3.32. The highest BCUT2D eigenvalue weighted by Crippen LogP contribution is 2.13. The van der Waals surface area contributed by atoms with Crippen LogP contribution in [0.2, 0.25) is 0 Å². The highest BCUT2D eigenvalue weighted by Gasteiger charge is 2.02. The number of H-pyrrole nitrogens is 1. The van der Waals surface area contributed by atoms with Crippen molar-refractivity contribution in [2.24, 2.45) is 0 Å². The quantitative estimate of drug-likeness (QED) is 0.765. The Balaban J connectivity index is 1.88. The van der Waals surface area contributed by atoms with Gasteiger partial charge in [0.25, 0.3) is 5.56 Å². The molecule has 4 heteroatoms. The molecule has 2 N–H and O–H groups in total. The zero-order valence-electron chi connectivity index (χ0n) is 11.2. The lowest BCUT2D eigenvalue weighted by atomic mass is 10.2. The Morgan fingerprint density at radius 2 is 2.05 bits per heavy atom. The fraction of sp³-hybridized carbons (Fsp3) is 0.125. The minimum atomic E-state index is -0.0802. The largest absolute Gasteiger partial charge is 0.366 e. The van der Waals surface area contributed by atoms with Crippen molar-refractivity contribution < 1.29 is 0 Å². The van der Waals surface area contributed by atoms with Crippen LogP contribution in [-0.4, -0.2) is 9.97 Å². The van der Waals surface area contributed by atoms with Gasteiger partial charge < -0.3 is 10.3 Å². The van der Waals surface area contributed by atoms with Gasteiger partial charge in [-0.05, 0) is 36.1 Å². The normalized spacial score (nSPS) is 10.7. The minimum Gasteiger partial charge on any atom is -0.366 e. The van der Waals surface area contributed by atoms with E-state index in [9.17, 15) is 4.79 Å². The van der Waals surface area contributed by atoms with E-state index in [4.69, 9.17) is 0 Å². The van der Waals surface area contributed by atoms with Gasteiger partial charge in [-0.3, -0.25) is 9.78 Å². The summed E-state index contributed by atoms with van der Waals surface area (Å²) in [7, 11) is 0. The number of aryl methyl sites for hydroxylation is 1. The number of aromatic amines is 1. The summed E-state index contributed by atoms with van der Waals surface area (Å²) < 4.78 is 0. The maximum absolute atomic E-state index is 12.0. The summed E-state index contributed by atoms with van der Waals surface area (Å²) in [6.07, 6.45) is 1.77. The third-order valence-electron chi connectivity index (χ3n) is 3.32. The average Bonchev–Trinajstić information content (AvgIpc) is 2.46. The van der Waals surface area contributed by atoms with Crippen molar-refractivity contribution in [1.82, 2.24) is 9.97 Å². The van der Waals surface area contributed by atoms with E-state index in [0.29, 0.717) is 17.7 Å². The highest BCUT2D eigenvalue weighted by molar-refractivity contribution is 5.83. The van der Waals surface area contributed by atoms with Crippen LogP contribution in [0.5, 0.6) is 0 Å². The average molecular weight is 265 g/mol. The van der Waals surface area contributed by atoms with E-state index in [1.807, 2.05) is 49.4 Å². The van der Waals surface area contributed by atoms with Crippen molar-refractivity contribution >= 4 is 16.6 Å². The summed E-state index contributed by atoms with van der Waals surface area (Å²) in [5.41, 5.74) is 2.02. The van der Waals surface area contributed by atoms with Crippen LogP contribution in [0, 0.1) is 6.92 Å². The molecule has 2 heterocycles. The second-order valence-electron chi connectivity index (χ2n) is 4.72. The number of aromatic nitrogens is 2. The molecule has 0 saturated carbocycles. The number of benzene rings is 1. The van der Waals surface area contributed by atoms with Crippen LogP contribution >= 0.6 is 0 Å². The van der Waals surface area contributed by atoms with Crippen LogP contribution in [0.15, 0.2) is 53.5 Å². The molecule has 0 amide bonds. The number of nitrogens with zero attached hydrogens (tertiary/aromatic N) is 1. The molecular weight excluding hydrogens is 250 g/mol. The number of fused-ring (bicyclic) bond motifs is 1. The molecule has 0 atom stereocenters. The Morgan fingerprint density at radius 3 is 2.90 bits per heavy atom. The van der Waals surface area contributed by atoms with Gasteiger partial charge in [0.1, 0.15) is 5.82 Å². The lowest BCUT2D eigenvalue weighted by molar-refractivity contribution is 1.00. The third kappa shape index (κ3) is 2.40. The molecule has 0 radical (unpaired) electrons. The van der Waals surface area contributed by atoms with Crippen molar-refractivity contribution in [1.29, 1.82) is 0 Å². The van der Waals surface area contributed by atoms with E-state index >= 15 is 0 Å². The predicted molar refractivity (Wildman–Crippen MR) is 80.9 cm³/mol. The highest BCUT2D eigenvalue weighted by atomic mass is 16.1. The first-order valence-electron chi connectivity index (χ1n) is 6.50. The number of hydrogen-bond donors (Lipinski definition) is 2. The Labute approximate surface area is 116 Å². The Hall–Kier alpha value is -2.62. The van der Waals surface area contributed by atoms with Crippen molar-refractivity contribution in [2.45, 2.75) is 13.5 Å². The molecule has 0 aliphatic carbocycles. The summed E-state index contributed by atoms with van der Waals surface area (Å²) in [4.78, 5) is 19.1. The topological polar surface area (TPSA) is 57.8 Å². The maximum atomic E-state index is 12.0. The van der Waals surface area contributed by atoms with Gasteiger partial charge in [-0.15, -0.1) is 0 Å². The number of hydrogen-bond acceptors (Lipinski definition) is 3. The Bertz CT molecular complexity index is 808. The molecule has 0 aliphatic rings. The lowest BCUT2D eigenvalue weighted by Gasteiger charge is -2.08. The van der Waals surface area contributed by atoms with Gasteiger partial charge in [0.05, 0.1) is 12.2 Å². The van der Waals surface area contributed by atoms with Gasteiger partial charge in [-0.1, -0.05) is 24.3 Å². The molecule has 0 fully saturated rings. The number of rotatable bonds is 3. The van der Waals surface area contributed by atoms with Crippen LogP contribution < -0.4 is 10.9 Å². The van der Waals surface area contributed by atoms with E-state index in [1.54, 1.807) is 6.20 Å². The van der Waals surface area contributed by atoms with E-state index < -0.39 is 0 Å². The van der Waals surface area contributed by atoms with Crippen LogP contribution in [-0.2, 0) is 6.54 Å². The van der Waals surface area contributed by atoms with E-state index in [1.165, 1.54) is 0 Å². The molecule has 3 aromatic rings. The summed E-state index contributed by atoms with van der Waals surface area (Å²) in [5.74, 6) is 0.707. The van der Waals surface area contributed by atoms with Gasteiger partial charge in [-0.2, -0.15) is 0 Å². The second kappa shape index (κ2) is 5.17. The maximum Gasteiger partial charge on any atom is 0.257 e. The molecule has 2 aromatic heterocycles. The Morgan fingerprint density at radius 1 is 1.20 bits per heavy atom. The van der Waals surface area contributed by atoms with Crippen LogP contribution in [0.1, 0.15) is 11.3 Å². The SMILES string of the molecule is Cc1cccnc1CNc1cc2ccccc2c(=O)[nH]1. The zero-order chi connectivity index (χ0) is 13.9. The molecule has 1 aromatic carbocycles. The van der Waals surface area contributed by atoms with E-state index in [0.717, 1.165) is 16.6 Å². The molecule has 0 unspecified atom stereocenters. The second-order valence-corrected chi connectivity index (χ2v) is 4.72. The van der Waals surface area contributed by atoms with E-state index in [-0.39, 0.29) is 5.56 Å². The van der Waals surface area contributed by atoms with Crippen LogP contribution in [0.3, 0.4) is 0 Å². The van der Waals surface area contributed by atoms with Gasteiger partial charge in [0.2, 0.25) is 0 Å². The van der Waals surface area contributed by atoms with E-state index in [2.05, 4.69) is 15.3 Å². The minimum absolute atomic E-state index is 0.0802. The van der Waals surface area contributed by atoms with Crippen LogP contribution in [0.25, 0.3) is 10.8 Å². The molecular formula is C16H15N3O. The zero-order valence-corrected chi connectivity index (χ0v) is 11.2. The molecule has 0 saturated heterocycles. The molecule has 0 aliphatic heterocycles. The summed E-state index contributed by atoms with van der Waals surface area (Å²) in [5, 5.41) is 4.84.